The summed E-state index contributed by atoms with van der Waals surface area (Å²) >= 11 is 0. The van der Waals surface area contributed by atoms with Crippen LogP contribution in [-0.2, 0) is 9.59 Å². The average molecular weight is 620 g/mol. The largest absolute Gasteiger partial charge is 0.478 e. The van der Waals surface area contributed by atoms with Crippen LogP contribution in [-0.4, -0.2) is 35.0 Å². The van der Waals surface area contributed by atoms with Crippen molar-refractivity contribution in [1.82, 2.24) is 4.90 Å². The molecule has 0 aromatic carbocycles. The summed E-state index contributed by atoms with van der Waals surface area (Å²) in [4.78, 5) is 25.4. The quantitative estimate of drug-likeness (QED) is 0.0560. The van der Waals surface area contributed by atoms with E-state index in [2.05, 4.69) is 13.8 Å². The van der Waals surface area contributed by atoms with Gasteiger partial charge in [-0.05, 0) is 12.8 Å². The van der Waals surface area contributed by atoms with E-state index in [0.29, 0.717) is 0 Å². The SMILES string of the molecule is CCCCCCCCCCCCCCCCCCN(CCCCCCCCCCCCCCCCCC)C(=O)/C=C/C(=O)O. The molecule has 4 nitrogen and oxygen atoms in total. The van der Waals surface area contributed by atoms with E-state index in [1.165, 1.54) is 186 Å². The maximum absolute atomic E-state index is 12.6. The molecule has 44 heavy (non-hydrogen) atoms. The minimum absolute atomic E-state index is 0.144. The fourth-order valence-corrected chi connectivity index (χ4v) is 6.28. The number of unbranched alkanes of at least 4 members (excludes halogenated alkanes) is 30. The summed E-state index contributed by atoms with van der Waals surface area (Å²) < 4.78 is 0. The van der Waals surface area contributed by atoms with Crippen LogP contribution < -0.4 is 0 Å². The first-order valence-corrected chi connectivity index (χ1v) is 19.8. The second-order valence-corrected chi connectivity index (χ2v) is 13.6. The van der Waals surface area contributed by atoms with Crippen molar-refractivity contribution in [3.05, 3.63) is 12.2 Å². The number of aliphatic carboxylic acids is 1. The summed E-state index contributed by atoms with van der Waals surface area (Å²) in [6.45, 7) is 6.06. The number of hydrogen-bond donors (Lipinski definition) is 1. The van der Waals surface area contributed by atoms with Crippen molar-refractivity contribution in [2.75, 3.05) is 13.1 Å². The van der Waals surface area contributed by atoms with Gasteiger partial charge in [0.25, 0.3) is 0 Å². The van der Waals surface area contributed by atoms with Crippen LogP contribution in [0.5, 0.6) is 0 Å². The first-order chi connectivity index (χ1) is 21.6. The number of nitrogens with zero attached hydrogens (tertiary/aromatic N) is 1. The fourth-order valence-electron chi connectivity index (χ4n) is 6.28. The third-order valence-electron chi connectivity index (χ3n) is 9.24. The number of carbonyl (C=O) groups excluding carboxylic acids is 1. The van der Waals surface area contributed by atoms with E-state index in [0.717, 1.165) is 44.8 Å². The van der Waals surface area contributed by atoms with Crippen LogP contribution in [0.25, 0.3) is 0 Å². The van der Waals surface area contributed by atoms with Crippen LogP contribution in [0.15, 0.2) is 12.2 Å². The van der Waals surface area contributed by atoms with Crippen molar-refractivity contribution < 1.29 is 14.7 Å². The molecule has 0 rings (SSSR count). The van der Waals surface area contributed by atoms with Crippen molar-refractivity contribution in [2.45, 2.75) is 219 Å². The average Bonchev–Trinajstić information content (AvgIpc) is 3.02. The Bertz CT molecular complexity index is 596. The highest BCUT2D eigenvalue weighted by molar-refractivity contribution is 5.93. The summed E-state index contributed by atoms with van der Waals surface area (Å²) in [5.74, 6) is -1.20. The topological polar surface area (TPSA) is 57.6 Å². The maximum atomic E-state index is 12.6. The number of carbonyl (C=O) groups is 2. The first-order valence-electron chi connectivity index (χ1n) is 19.8. The molecule has 0 heterocycles. The fraction of sp³-hybridized carbons (Fsp3) is 0.900. The Morgan fingerprint density at radius 2 is 0.614 bits per heavy atom. The summed E-state index contributed by atoms with van der Waals surface area (Å²) in [5, 5.41) is 8.94. The lowest BCUT2D eigenvalue weighted by Gasteiger charge is -2.21. The lowest BCUT2D eigenvalue weighted by Crippen LogP contribution is -2.31. The molecule has 0 aliphatic heterocycles. The number of amides is 1. The van der Waals surface area contributed by atoms with Crippen LogP contribution in [0.4, 0.5) is 0 Å². The standard InChI is InChI=1S/C40H77NO3/c1-3-5-7-9-11-13-15-17-19-21-23-25-27-29-31-33-37-41(39(42)35-36-40(43)44)38-34-32-30-28-26-24-22-20-18-16-14-12-10-8-6-4-2/h35-36H,3-34,37-38H2,1-2H3,(H,43,44)/b36-35+. The van der Waals surface area contributed by atoms with Gasteiger partial charge in [0.15, 0.2) is 0 Å². The van der Waals surface area contributed by atoms with Crippen LogP contribution >= 0.6 is 0 Å². The molecular weight excluding hydrogens is 542 g/mol. The van der Waals surface area contributed by atoms with E-state index in [1.807, 2.05) is 4.90 Å². The summed E-state index contributed by atoms with van der Waals surface area (Å²) in [6, 6.07) is 0. The predicted molar refractivity (Wildman–Crippen MR) is 192 cm³/mol. The van der Waals surface area contributed by atoms with Gasteiger partial charge in [0.1, 0.15) is 0 Å². The van der Waals surface area contributed by atoms with Crippen molar-refractivity contribution in [1.29, 1.82) is 0 Å². The molecule has 0 aromatic heterocycles. The molecule has 0 atom stereocenters. The van der Waals surface area contributed by atoms with Crippen molar-refractivity contribution >= 4 is 11.9 Å². The zero-order valence-electron chi connectivity index (χ0n) is 29.9. The second kappa shape index (κ2) is 36.2. The molecular formula is C40H77NO3. The highest BCUT2D eigenvalue weighted by Crippen LogP contribution is 2.16. The van der Waals surface area contributed by atoms with Gasteiger partial charge in [-0.2, -0.15) is 0 Å². The van der Waals surface area contributed by atoms with Gasteiger partial charge in [-0.1, -0.05) is 206 Å². The predicted octanol–water partition coefficient (Wildman–Crippen LogP) is 13.0. The molecule has 0 radical (unpaired) electrons. The van der Waals surface area contributed by atoms with Gasteiger partial charge in [-0.15, -0.1) is 0 Å². The van der Waals surface area contributed by atoms with Gasteiger partial charge in [0.05, 0.1) is 0 Å². The van der Waals surface area contributed by atoms with Gasteiger partial charge >= 0.3 is 5.97 Å². The minimum Gasteiger partial charge on any atom is -0.478 e. The number of carboxylic acids is 1. The van der Waals surface area contributed by atoms with Gasteiger partial charge in [0.2, 0.25) is 5.91 Å². The van der Waals surface area contributed by atoms with Gasteiger partial charge in [-0.3, -0.25) is 4.79 Å². The molecule has 4 heteroatoms. The zero-order valence-corrected chi connectivity index (χ0v) is 29.9. The molecule has 0 aliphatic carbocycles. The number of carboxylic acid groups (broad SMARTS) is 1. The molecule has 0 aliphatic rings. The maximum Gasteiger partial charge on any atom is 0.328 e. The Balaban J connectivity index is 3.78. The Labute approximate surface area is 275 Å². The van der Waals surface area contributed by atoms with E-state index in [-0.39, 0.29) is 5.91 Å². The highest BCUT2D eigenvalue weighted by atomic mass is 16.4. The molecule has 0 spiro atoms. The monoisotopic (exact) mass is 620 g/mol. The second-order valence-electron chi connectivity index (χ2n) is 13.6. The Morgan fingerprint density at radius 3 is 0.841 bits per heavy atom. The van der Waals surface area contributed by atoms with Crippen LogP contribution in [0, 0.1) is 0 Å². The molecule has 0 saturated heterocycles. The molecule has 1 N–H and O–H groups in total. The number of hydrogen-bond acceptors (Lipinski definition) is 2. The Kier molecular flexibility index (Phi) is 35.1. The van der Waals surface area contributed by atoms with Gasteiger partial charge < -0.3 is 10.0 Å². The summed E-state index contributed by atoms with van der Waals surface area (Å²) in [6.07, 6.45) is 45.1. The normalized spacial score (nSPS) is 11.5. The summed E-state index contributed by atoms with van der Waals surface area (Å²) in [5.41, 5.74) is 0. The smallest absolute Gasteiger partial charge is 0.328 e. The first kappa shape index (κ1) is 42.7. The minimum atomic E-state index is -1.05. The van der Waals surface area contributed by atoms with E-state index < -0.39 is 5.97 Å². The molecule has 0 aromatic rings. The molecule has 0 saturated carbocycles. The van der Waals surface area contributed by atoms with Crippen molar-refractivity contribution in [2.24, 2.45) is 0 Å². The number of rotatable bonds is 36. The molecule has 1 amide bonds. The van der Waals surface area contributed by atoms with Crippen molar-refractivity contribution in [3.63, 3.8) is 0 Å². The lowest BCUT2D eigenvalue weighted by molar-refractivity contribution is -0.132. The van der Waals surface area contributed by atoms with Crippen molar-refractivity contribution in [3.8, 4) is 0 Å². The van der Waals surface area contributed by atoms with E-state index in [9.17, 15) is 9.59 Å². The lowest BCUT2D eigenvalue weighted by atomic mass is 10.0. The van der Waals surface area contributed by atoms with Crippen LogP contribution in [0.3, 0.4) is 0 Å². The third-order valence-corrected chi connectivity index (χ3v) is 9.24. The van der Waals surface area contributed by atoms with Crippen LogP contribution in [0.2, 0.25) is 0 Å². The summed E-state index contributed by atoms with van der Waals surface area (Å²) in [7, 11) is 0. The third kappa shape index (κ3) is 33.6. The molecule has 0 unspecified atom stereocenters. The molecule has 260 valence electrons. The van der Waals surface area contributed by atoms with Gasteiger partial charge in [0, 0.05) is 25.2 Å². The van der Waals surface area contributed by atoms with E-state index in [4.69, 9.17) is 5.11 Å². The van der Waals surface area contributed by atoms with Crippen LogP contribution in [0.1, 0.15) is 219 Å². The van der Waals surface area contributed by atoms with E-state index in [1.54, 1.807) is 0 Å². The highest BCUT2D eigenvalue weighted by Gasteiger charge is 2.10. The molecule has 0 fully saturated rings. The Hall–Kier alpha value is -1.32. The Morgan fingerprint density at radius 1 is 0.386 bits per heavy atom. The zero-order chi connectivity index (χ0) is 32.2. The van der Waals surface area contributed by atoms with Gasteiger partial charge in [-0.25, -0.2) is 4.79 Å². The van der Waals surface area contributed by atoms with E-state index >= 15 is 0 Å². The molecule has 0 bridgehead atoms.